The molecule has 4 nitrogen and oxygen atoms in total. The van der Waals surface area contributed by atoms with Crippen LogP contribution in [0.2, 0.25) is 0 Å². The SMILES string of the molecule is CNCc1cc(C)nc(N(C)CC2CCN(C)C2)c1. The van der Waals surface area contributed by atoms with Gasteiger partial charge in [0.1, 0.15) is 5.82 Å². The van der Waals surface area contributed by atoms with Crippen molar-refractivity contribution in [1.82, 2.24) is 15.2 Å². The fourth-order valence-corrected chi connectivity index (χ4v) is 2.88. The number of aromatic nitrogens is 1. The number of hydrogen-bond donors (Lipinski definition) is 1. The Hall–Kier alpha value is -1.13. The highest BCUT2D eigenvalue weighted by molar-refractivity contribution is 5.42. The smallest absolute Gasteiger partial charge is 0.128 e. The summed E-state index contributed by atoms with van der Waals surface area (Å²) in [5, 5.41) is 3.20. The molecule has 0 amide bonds. The van der Waals surface area contributed by atoms with E-state index >= 15 is 0 Å². The highest BCUT2D eigenvalue weighted by Crippen LogP contribution is 2.19. The molecule has 0 saturated carbocycles. The Balaban J connectivity index is 2.03. The maximum Gasteiger partial charge on any atom is 0.128 e. The quantitative estimate of drug-likeness (QED) is 0.871. The van der Waals surface area contributed by atoms with Crippen LogP contribution < -0.4 is 10.2 Å². The maximum absolute atomic E-state index is 4.66. The summed E-state index contributed by atoms with van der Waals surface area (Å²) in [5.41, 5.74) is 2.40. The number of aryl methyl sites for hydroxylation is 1. The fourth-order valence-electron chi connectivity index (χ4n) is 2.88. The van der Waals surface area contributed by atoms with Crippen LogP contribution in [-0.2, 0) is 6.54 Å². The Kier molecular flexibility index (Phi) is 4.77. The molecule has 19 heavy (non-hydrogen) atoms. The molecule has 0 spiro atoms. The molecule has 1 N–H and O–H groups in total. The fraction of sp³-hybridized carbons (Fsp3) is 0.667. The summed E-state index contributed by atoms with van der Waals surface area (Å²) < 4.78 is 0. The summed E-state index contributed by atoms with van der Waals surface area (Å²) in [4.78, 5) is 9.37. The third-order valence-corrected chi connectivity index (χ3v) is 3.79. The van der Waals surface area contributed by atoms with Gasteiger partial charge in [-0.05, 0) is 57.6 Å². The summed E-state index contributed by atoms with van der Waals surface area (Å²) in [5.74, 6) is 1.87. The van der Waals surface area contributed by atoms with Crippen molar-refractivity contribution in [3.05, 3.63) is 23.4 Å². The van der Waals surface area contributed by atoms with E-state index in [2.05, 4.69) is 53.3 Å². The van der Waals surface area contributed by atoms with Crippen LogP contribution in [0.3, 0.4) is 0 Å². The highest BCUT2D eigenvalue weighted by atomic mass is 15.2. The van der Waals surface area contributed by atoms with Gasteiger partial charge in [-0.15, -0.1) is 0 Å². The van der Waals surface area contributed by atoms with Crippen LogP contribution in [-0.4, -0.2) is 50.7 Å². The first-order valence-corrected chi connectivity index (χ1v) is 7.10. The Morgan fingerprint density at radius 3 is 2.89 bits per heavy atom. The molecule has 1 aromatic heterocycles. The van der Waals surface area contributed by atoms with Crippen molar-refractivity contribution in [1.29, 1.82) is 0 Å². The molecular weight excluding hydrogens is 236 g/mol. The van der Waals surface area contributed by atoms with Crippen LogP contribution in [0.25, 0.3) is 0 Å². The molecule has 1 atom stereocenters. The summed E-state index contributed by atoms with van der Waals surface area (Å²) in [6, 6.07) is 4.35. The minimum Gasteiger partial charge on any atom is -0.359 e. The zero-order valence-corrected chi connectivity index (χ0v) is 12.6. The average Bonchev–Trinajstić information content (AvgIpc) is 2.74. The van der Waals surface area contributed by atoms with Gasteiger partial charge in [0.2, 0.25) is 0 Å². The topological polar surface area (TPSA) is 31.4 Å². The Morgan fingerprint density at radius 2 is 2.26 bits per heavy atom. The van der Waals surface area contributed by atoms with Gasteiger partial charge in [0.15, 0.2) is 0 Å². The Labute approximate surface area is 116 Å². The lowest BCUT2D eigenvalue weighted by atomic mass is 10.1. The predicted octanol–water partition coefficient (Wildman–Crippen LogP) is 1.50. The zero-order chi connectivity index (χ0) is 13.8. The van der Waals surface area contributed by atoms with Gasteiger partial charge < -0.3 is 15.1 Å². The van der Waals surface area contributed by atoms with E-state index in [0.29, 0.717) is 0 Å². The molecule has 0 radical (unpaired) electrons. The number of likely N-dealkylation sites (tertiary alicyclic amines) is 1. The van der Waals surface area contributed by atoms with Gasteiger partial charge in [0.05, 0.1) is 0 Å². The maximum atomic E-state index is 4.66. The van der Waals surface area contributed by atoms with E-state index in [1.54, 1.807) is 0 Å². The molecular formula is C15H26N4. The van der Waals surface area contributed by atoms with Crippen molar-refractivity contribution < 1.29 is 0 Å². The van der Waals surface area contributed by atoms with Gasteiger partial charge >= 0.3 is 0 Å². The van der Waals surface area contributed by atoms with E-state index in [9.17, 15) is 0 Å². The number of hydrogen-bond acceptors (Lipinski definition) is 4. The van der Waals surface area contributed by atoms with E-state index in [1.165, 1.54) is 25.1 Å². The van der Waals surface area contributed by atoms with Gasteiger partial charge in [-0.25, -0.2) is 4.98 Å². The molecule has 1 aliphatic rings. The largest absolute Gasteiger partial charge is 0.359 e. The third kappa shape index (κ3) is 3.91. The van der Waals surface area contributed by atoms with Crippen molar-refractivity contribution in [2.75, 3.05) is 45.7 Å². The first-order chi connectivity index (χ1) is 9.08. The second-order valence-electron chi connectivity index (χ2n) is 5.80. The normalized spacial score (nSPS) is 19.9. The molecule has 1 aromatic rings. The zero-order valence-electron chi connectivity index (χ0n) is 12.6. The minimum atomic E-state index is 0.769. The Bertz CT molecular complexity index is 419. The predicted molar refractivity (Wildman–Crippen MR) is 80.6 cm³/mol. The third-order valence-electron chi connectivity index (χ3n) is 3.79. The second-order valence-corrected chi connectivity index (χ2v) is 5.80. The lowest BCUT2D eigenvalue weighted by molar-refractivity contribution is 0.395. The van der Waals surface area contributed by atoms with E-state index in [4.69, 9.17) is 0 Å². The van der Waals surface area contributed by atoms with Crippen LogP contribution in [0.5, 0.6) is 0 Å². The molecule has 1 saturated heterocycles. The minimum absolute atomic E-state index is 0.769. The van der Waals surface area contributed by atoms with E-state index in [1.807, 2.05) is 7.05 Å². The van der Waals surface area contributed by atoms with Crippen molar-refractivity contribution >= 4 is 5.82 Å². The summed E-state index contributed by atoms with van der Waals surface area (Å²) in [6.45, 7) is 6.50. The van der Waals surface area contributed by atoms with E-state index in [-0.39, 0.29) is 0 Å². The van der Waals surface area contributed by atoms with Crippen molar-refractivity contribution in [2.24, 2.45) is 5.92 Å². The number of pyridine rings is 1. The summed E-state index contributed by atoms with van der Waals surface area (Å²) in [6.07, 6.45) is 1.30. The van der Waals surface area contributed by atoms with Crippen molar-refractivity contribution in [3.8, 4) is 0 Å². The molecule has 1 unspecified atom stereocenters. The first kappa shape index (κ1) is 14.3. The number of nitrogens with zero attached hydrogens (tertiary/aromatic N) is 3. The molecule has 0 aliphatic carbocycles. The van der Waals surface area contributed by atoms with Gasteiger partial charge in [-0.3, -0.25) is 0 Å². The van der Waals surface area contributed by atoms with Crippen molar-refractivity contribution in [3.63, 3.8) is 0 Å². The summed E-state index contributed by atoms with van der Waals surface area (Å²) >= 11 is 0. The van der Waals surface area contributed by atoms with Crippen LogP contribution in [0.1, 0.15) is 17.7 Å². The standard InChI is InChI=1S/C15H26N4/c1-12-7-14(9-16-2)8-15(17-12)19(4)11-13-5-6-18(3)10-13/h7-8,13,16H,5-6,9-11H2,1-4H3. The number of anilines is 1. The van der Waals surface area contributed by atoms with E-state index in [0.717, 1.165) is 30.5 Å². The van der Waals surface area contributed by atoms with Crippen LogP contribution >= 0.6 is 0 Å². The van der Waals surface area contributed by atoms with Crippen LogP contribution in [0.15, 0.2) is 12.1 Å². The molecule has 2 rings (SSSR count). The number of rotatable bonds is 5. The summed E-state index contributed by atoms with van der Waals surface area (Å²) in [7, 11) is 6.34. The van der Waals surface area contributed by atoms with Crippen LogP contribution in [0.4, 0.5) is 5.82 Å². The molecule has 0 aromatic carbocycles. The first-order valence-electron chi connectivity index (χ1n) is 7.10. The average molecular weight is 262 g/mol. The van der Waals surface area contributed by atoms with Gasteiger partial charge in [-0.2, -0.15) is 0 Å². The highest BCUT2D eigenvalue weighted by Gasteiger charge is 2.21. The monoisotopic (exact) mass is 262 g/mol. The lowest BCUT2D eigenvalue weighted by Gasteiger charge is -2.23. The lowest BCUT2D eigenvalue weighted by Crippen LogP contribution is -2.28. The van der Waals surface area contributed by atoms with Gasteiger partial charge in [0.25, 0.3) is 0 Å². The van der Waals surface area contributed by atoms with Crippen LogP contribution in [0, 0.1) is 12.8 Å². The molecule has 106 valence electrons. The van der Waals surface area contributed by atoms with Gasteiger partial charge in [0, 0.05) is 32.4 Å². The van der Waals surface area contributed by atoms with E-state index < -0.39 is 0 Å². The molecule has 2 heterocycles. The number of nitrogens with one attached hydrogen (secondary N) is 1. The second kappa shape index (κ2) is 6.35. The molecule has 0 bridgehead atoms. The molecule has 1 fully saturated rings. The molecule has 1 aliphatic heterocycles. The Morgan fingerprint density at radius 1 is 1.47 bits per heavy atom. The van der Waals surface area contributed by atoms with Crippen molar-refractivity contribution in [2.45, 2.75) is 19.9 Å². The van der Waals surface area contributed by atoms with Gasteiger partial charge in [-0.1, -0.05) is 0 Å². The molecule has 4 heteroatoms.